The van der Waals surface area contributed by atoms with E-state index in [-0.39, 0.29) is 11.3 Å². The van der Waals surface area contributed by atoms with Gasteiger partial charge in [0.05, 0.1) is 4.70 Å². The van der Waals surface area contributed by atoms with Crippen molar-refractivity contribution in [3.63, 3.8) is 0 Å². The van der Waals surface area contributed by atoms with Crippen LogP contribution >= 0.6 is 11.3 Å². The average Bonchev–Trinajstić information content (AvgIpc) is 2.49. The quantitative estimate of drug-likeness (QED) is 0.757. The second-order valence-corrected chi connectivity index (χ2v) is 3.94. The minimum atomic E-state index is -1.10. The van der Waals surface area contributed by atoms with E-state index in [4.69, 9.17) is 5.11 Å². The van der Waals surface area contributed by atoms with Crippen LogP contribution in [0.5, 0.6) is 5.75 Å². The third kappa shape index (κ3) is 1.15. The number of aromatic hydroxyl groups is 1. The topological polar surface area (TPSA) is 57.5 Å². The average molecular weight is 208 g/mol. The van der Waals surface area contributed by atoms with Gasteiger partial charge in [0.25, 0.3) is 0 Å². The first-order valence-corrected chi connectivity index (χ1v) is 4.92. The molecule has 0 saturated heterocycles. The molecule has 1 heterocycles. The Morgan fingerprint density at radius 2 is 2.14 bits per heavy atom. The summed E-state index contributed by atoms with van der Waals surface area (Å²) in [5, 5.41) is 21.3. The maximum absolute atomic E-state index is 10.7. The highest BCUT2D eigenvalue weighted by atomic mass is 32.1. The van der Waals surface area contributed by atoms with Crippen molar-refractivity contribution in [3.05, 3.63) is 28.6 Å². The molecule has 0 radical (unpaired) electrons. The van der Waals surface area contributed by atoms with Crippen LogP contribution in [0.4, 0.5) is 0 Å². The number of carboxylic acid groups (broad SMARTS) is 1. The number of hydrogen-bond donors (Lipinski definition) is 2. The lowest BCUT2D eigenvalue weighted by molar-refractivity contribution is 0.0694. The van der Waals surface area contributed by atoms with Crippen LogP contribution in [0.1, 0.15) is 15.9 Å². The molecule has 0 aliphatic heterocycles. The third-order valence-corrected chi connectivity index (χ3v) is 3.26. The van der Waals surface area contributed by atoms with E-state index in [0.29, 0.717) is 4.70 Å². The van der Waals surface area contributed by atoms with Gasteiger partial charge in [-0.15, -0.1) is 11.3 Å². The van der Waals surface area contributed by atoms with Crippen molar-refractivity contribution >= 4 is 27.4 Å². The number of aryl methyl sites for hydroxylation is 1. The lowest BCUT2D eigenvalue weighted by atomic mass is 10.1. The fourth-order valence-electron chi connectivity index (χ4n) is 1.38. The van der Waals surface area contributed by atoms with Crippen LogP contribution in [0.3, 0.4) is 0 Å². The SMILES string of the molecule is Cc1csc2c(O)c(C(=O)O)ccc12. The largest absolute Gasteiger partial charge is 0.506 e. The van der Waals surface area contributed by atoms with E-state index in [9.17, 15) is 9.90 Å². The first-order chi connectivity index (χ1) is 6.61. The molecule has 1 aromatic carbocycles. The molecule has 14 heavy (non-hydrogen) atoms. The van der Waals surface area contributed by atoms with E-state index in [1.165, 1.54) is 17.4 Å². The maximum atomic E-state index is 10.7. The molecular formula is C10H8O3S. The zero-order chi connectivity index (χ0) is 10.3. The van der Waals surface area contributed by atoms with Gasteiger partial charge in [-0.2, -0.15) is 0 Å². The second kappa shape index (κ2) is 2.99. The summed E-state index contributed by atoms with van der Waals surface area (Å²) in [5.41, 5.74) is 1.01. The molecule has 0 bridgehead atoms. The van der Waals surface area contributed by atoms with E-state index in [1.807, 2.05) is 12.3 Å². The lowest BCUT2D eigenvalue weighted by Gasteiger charge is -2.00. The molecule has 3 nitrogen and oxygen atoms in total. The van der Waals surface area contributed by atoms with Gasteiger partial charge in [0.1, 0.15) is 11.3 Å². The Bertz CT molecular complexity index is 513. The zero-order valence-corrected chi connectivity index (χ0v) is 8.26. The highest BCUT2D eigenvalue weighted by Crippen LogP contribution is 2.35. The van der Waals surface area contributed by atoms with Gasteiger partial charge in [0, 0.05) is 0 Å². The van der Waals surface area contributed by atoms with Crippen molar-refractivity contribution in [2.75, 3.05) is 0 Å². The van der Waals surface area contributed by atoms with Crippen LogP contribution < -0.4 is 0 Å². The van der Waals surface area contributed by atoms with E-state index in [0.717, 1.165) is 10.9 Å². The Morgan fingerprint density at radius 3 is 2.79 bits per heavy atom. The van der Waals surface area contributed by atoms with Gasteiger partial charge in [-0.25, -0.2) is 4.79 Å². The highest BCUT2D eigenvalue weighted by molar-refractivity contribution is 7.17. The van der Waals surface area contributed by atoms with E-state index < -0.39 is 5.97 Å². The van der Waals surface area contributed by atoms with Gasteiger partial charge < -0.3 is 10.2 Å². The summed E-state index contributed by atoms with van der Waals surface area (Å²) >= 11 is 1.36. The van der Waals surface area contributed by atoms with Crippen LogP contribution in [-0.4, -0.2) is 16.2 Å². The maximum Gasteiger partial charge on any atom is 0.339 e. The number of thiophene rings is 1. The van der Waals surface area contributed by atoms with Crippen molar-refractivity contribution in [1.29, 1.82) is 0 Å². The lowest BCUT2D eigenvalue weighted by Crippen LogP contribution is -1.95. The van der Waals surface area contributed by atoms with E-state index in [1.54, 1.807) is 6.07 Å². The summed E-state index contributed by atoms with van der Waals surface area (Å²) in [6.07, 6.45) is 0. The van der Waals surface area contributed by atoms with Gasteiger partial charge in [-0.05, 0) is 29.3 Å². The van der Waals surface area contributed by atoms with Gasteiger partial charge in [0.2, 0.25) is 0 Å². The van der Waals surface area contributed by atoms with Crippen LogP contribution in [0.2, 0.25) is 0 Å². The van der Waals surface area contributed by atoms with Crippen LogP contribution in [0.15, 0.2) is 17.5 Å². The zero-order valence-electron chi connectivity index (χ0n) is 7.44. The minimum Gasteiger partial charge on any atom is -0.506 e. The minimum absolute atomic E-state index is 0.0423. The number of aromatic carboxylic acids is 1. The molecule has 72 valence electrons. The number of rotatable bonds is 1. The molecule has 4 heteroatoms. The predicted octanol–water partition coefficient (Wildman–Crippen LogP) is 2.61. The Labute approximate surface area is 84.2 Å². The molecule has 0 saturated carbocycles. The number of carbonyl (C=O) groups is 1. The van der Waals surface area contributed by atoms with Crippen LogP contribution in [0, 0.1) is 6.92 Å². The van der Waals surface area contributed by atoms with Gasteiger partial charge in [-0.3, -0.25) is 0 Å². The van der Waals surface area contributed by atoms with E-state index >= 15 is 0 Å². The van der Waals surface area contributed by atoms with E-state index in [2.05, 4.69) is 0 Å². The molecule has 2 aromatic rings. The first-order valence-electron chi connectivity index (χ1n) is 4.04. The molecule has 0 fully saturated rings. The normalized spacial score (nSPS) is 10.6. The summed E-state index contributed by atoms with van der Waals surface area (Å²) in [7, 11) is 0. The van der Waals surface area contributed by atoms with Gasteiger partial charge in [-0.1, -0.05) is 6.07 Å². The molecule has 2 N–H and O–H groups in total. The smallest absolute Gasteiger partial charge is 0.339 e. The Hall–Kier alpha value is -1.55. The summed E-state index contributed by atoms with van der Waals surface area (Å²) in [4.78, 5) is 10.7. The Kier molecular flexibility index (Phi) is 1.93. The number of carboxylic acids is 1. The Morgan fingerprint density at radius 1 is 1.43 bits per heavy atom. The number of benzene rings is 1. The van der Waals surface area contributed by atoms with Crippen molar-refractivity contribution in [1.82, 2.24) is 0 Å². The molecule has 0 atom stereocenters. The highest BCUT2D eigenvalue weighted by Gasteiger charge is 2.14. The standard InChI is InChI=1S/C10H8O3S/c1-5-4-14-9-6(5)2-3-7(8(9)11)10(12)13/h2-4,11H,1H3,(H,12,13). The number of fused-ring (bicyclic) bond motifs is 1. The van der Waals surface area contributed by atoms with Crippen LogP contribution in [-0.2, 0) is 0 Å². The third-order valence-electron chi connectivity index (χ3n) is 2.14. The van der Waals surface area contributed by atoms with Crippen molar-refractivity contribution in [2.45, 2.75) is 6.92 Å². The number of hydrogen-bond acceptors (Lipinski definition) is 3. The summed E-state index contributed by atoms with van der Waals surface area (Å²) in [6, 6.07) is 3.16. The number of phenols is 1. The fraction of sp³-hybridized carbons (Fsp3) is 0.100. The monoisotopic (exact) mass is 208 g/mol. The van der Waals surface area contributed by atoms with Crippen molar-refractivity contribution in [3.8, 4) is 5.75 Å². The molecule has 0 spiro atoms. The molecule has 0 amide bonds. The summed E-state index contributed by atoms with van der Waals surface area (Å²) in [6.45, 7) is 1.93. The predicted molar refractivity (Wildman–Crippen MR) is 55.2 cm³/mol. The van der Waals surface area contributed by atoms with Crippen molar-refractivity contribution < 1.29 is 15.0 Å². The molecule has 0 aliphatic carbocycles. The van der Waals surface area contributed by atoms with Gasteiger partial charge in [0.15, 0.2) is 0 Å². The van der Waals surface area contributed by atoms with Crippen LogP contribution in [0.25, 0.3) is 10.1 Å². The first kappa shape index (κ1) is 9.02. The second-order valence-electron chi connectivity index (χ2n) is 3.06. The van der Waals surface area contributed by atoms with Gasteiger partial charge >= 0.3 is 5.97 Å². The van der Waals surface area contributed by atoms with Crippen molar-refractivity contribution in [2.24, 2.45) is 0 Å². The molecule has 2 rings (SSSR count). The molecule has 0 unspecified atom stereocenters. The molecular weight excluding hydrogens is 200 g/mol. The Balaban J connectivity index is 2.82. The summed E-state index contributed by atoms with van der Waals surface area (Å²) in [5.74, 6) is -1.23. The molecule has 1 aromatic heterocycles. The summed E-state index contributed by atoms with van der Waals surface area (Å²) < 4.78 is 0.641. The molecule has 0 aliphatic rings. The fourth-order valence-corrected chi connectivity index (χ4v) is 2.38.